The molecule has 1 unspecified atom stereocenters. The first-order valence-electron chi connectivity index (χ1n) is 13.5. The van der Waals surface area contributed by atoms with Gasteiger partial charge in [-0.2, -0.15) is 0 Å². The van der Waals surface area contributed by atoms with Crippen LogP contribution in [-0.4, -0.2) is 128 Å². The summed E-state index contributed by atoms with van der Waals surface area (Å²) in [6, 6.07) is 0.285. The minimum Gasteiger partial charge on any atom is -0.441 e. The van der Waals surface area contributed by atoms with Crippen LogP contribution < -0.4 is 5.32 Å². The quantitative estimate of drug-likeness (QED) is 0.375. The first kappa shape index (κ1) is 28.7. The summed E-state index contributed by atoms with van der Waals surface area (Å²) < 4.78 is 6.01. The zero-order valence-corrected chi connectivity index (χ0v) is 22.6. The smallest absolute Gasteiger partial charge is 0.322 e. The molecule has 0 aromatic heterocycles. The number of Topliss-reactive ketones (excluding diaryl/α,β-unsaturated/α-hetero) is 2. The van der Waals surface area contributed by atoms with E-state index in [0.717, 1.165) is 19.4 Å². The van der Waals surface area contributed by atoms with Crippen molar-refractivity contribution in [2.75, 3.05) is 73.0 Å². The van der Waals surface area contributed by atoms with Crippen LogP contribution in [0.3, 0.4) is 0 Å². The summed E-state index contributed by atoms with van der Waals surface area (Å²) in [6.45, 7) is 7.96. The van der Waals surface area contributed by atoms with Gasteiger partial charge in [-0.15, -0.1) is 0 Å². The van der Waals surface area contributed by atoms with Crippen molar-refractivity contribution in [3.8, 4) is 0 Å². The molecule has 3 rings (SSSR count). The summed E-state index contributed by atoms with van der Waals surface area (Å²) >= 11 is 0. The summed E-state index contributed by atoms with van der Waals surface area (Å²) in [5.74, 6) is -0.598. The lowest BCUT2D eigenvalue weighted by Gasteiger charge is -2.42. The van der Waals surface area contributed by atoms with Crippen molar-refractivity contribution < 1.29 is 23.9 Å². The minimum atomic E-state index is -1.02. The molecule has 1 N–H and O–H groups in total. The molecule has 3 aliphatic rings. The van der Waals surface area contributed by atoms with E-state index in [0.29, 0.717) is 39.3 Å². The average molecular weight is 508 g/mol. The van der Waals surface area contributed by atoms with Crippen LogP contribution >= 0.6 is 0 Å². The lowest BCUT2D eigenvalue weighted by Crippen LogP contribution is -2.58. The molecule has 36 heavy (non-hydrogen) atoms. The van der Waals surface area contributed by atoms with E-state index in [1.165, 1.54) is 12.8 Å². The zero-order valence-electron chi connectivity index (χ0n) is 22.6. The molecule has 2 saturated heterocycles. The second kappa shape index (κ2) is 13.1. The van der Waals surface area contributed by atoms with Gasteiger partial charge in [0.2, 0.25) is 5.91 Å². The van der Waals surface area contributed by atoms with Crippen LogP contribution in [0.15, 0.2) is 0 Å². The number of likely N-dealkylation sites (N-methyl/N-ethyl adjacent to an activating group) is 3. The molecule has 1 amide bonds. The van der Waals surface area contributed by atoms with Gasteiger partial charge in [-0.1, -0.05) is 26.7 Å². The molecule has 0 aromatic rings. The summed E-state index contributed by atoms with van der Waals surface area (Å²) in [7, 11) is 3.74. The van der Waals surface area contributed by atoms with Gasteiger partial charge >= 0.3 is 5.97 Å². The maximum Gasteiger partial charge on any atom is 0.322 e. The average Bonchev–Trinajstić information content (AvgIpc) is 3.40. The van der Waals surface area contributed by atoms with Gasteiger partial charge in [0.1, 0.15) is 18.1 Å². The van der Waals surface area contributed by atoms with E-state index in [-0.39, 0.29) is 55.4 Å². The summed E-state index contributed by atoms with van der Waals surface area (Å²) in [6.07, 6.45) is 4.83. The van der Waals surface area contributed by atoms with Crippen molar-refractivity contribution >= 4 is 23.4 Å². The Bertz CT molecular complexity index is 802. The van der Waals surface area contributed by atoms with Gasteiger partial charge in [-0.25, -0.2) is 0 Å². The number of rotatable bonds is 12. The highest BCUT2D eigenvalue weighted by molar-refractivity contribution is 5.85. The second-order valence-electron chi connectivity index (χ2n) is 10.8. The van der Waals surface area contributed by atoms with Crippen LogP contribution in [-0.2, 0) is 23.9 Å². The highest BCUT2D eigenvalue weighted by Gasteiger charge is 2.55. The van der Waals surface area contributed by atoms with Gasteiger partial charge in [0, 0.05) is 37.9 Å². The highest BCUT2D eigenvalue weighted by atomic mass is 16.6. The van der Waals surface area contributed by atoms with E-state index < -0.39 is 11.6 Å². The molecule has 204 valence electrons. The van der Waals surface area contributed by atoms with Crippen LogP contribution in [0.1, 0.15) is 52.4 Å². The standard InChI is InChI=1S/C26H45N5O5/c1-5-28(3)15-22(32)13-20-14-23(33)16-29(4)19-26(20)31(18-25(35)36-26)12-11-30(6-2)17-24(34)27-21-9-7-8-10-21/h20-21H,5-19H2,1-4H3,(H,27,34)/t20-,26?/m0/s1. The third-order valence-electron chi connectivity index (χ3n) is 7.88. The Morgan fingerprint density at radius 3 is 2.50 bits per heavy atom. The van der Waals surface area contributed by atoms with Crippen LogP contribution in [0.2, 0.25) is 0 Å². The Balaban J connectivity index is 1.71. The number of nitrogens with one attached hydrogen (secondary N) is 1. The number of carbonyl (C=O) groups excluding carboxylic acids is 4. The fourth-order valence-corrected chi connectivity index (χ4v) is 5.84. The predicted octanol–water partition coefficient (Wildman–Crippen LogP) is 0.354. The lowest BCUT2D eigenvalue weighted by molar-refractivity contribution is -0.170. The summed E-state index contributed by atoms with van der Waals surface area (Å²) in [5, 5.41) is 3.14. The molecule has 1 saturated carbocycles. The van der Waals surface area contributed by atoms with Crippen LogP contribution in [0, 0.1) is 5.92 Å². The lowest BCUT2D eigenvalue weighted by atomic mass is 9.85. The van der Waals surface area contributed by atoms with Crippen molar-refractivity contribution in [1.29, 1.82) is 0 Å². The molecule has 2 atom stereocenters. The molecule has 10 heteroatoms. The van der Waals surface area contributed by atoms with E-state index in [9.17, 15) is 19.2 Å². The Labute approximate surface area is 215 Å². The van der Waals surface area contributed by atoms with E-state index >= 15 is 0 Å². The van der Waals surface area contributed by atoms with Crippen LogP contribution in [0.4, 0.5) is 0 Å². The summed E-state index contributed by atoms with van der Waals surface area (Å²) in [5.41, 5.74) is -1.02. The van der Waals surface area contributed by atoms with E-state index in [1.807, 2.05) is 42.6 Å². The number of hydrogen-bond donors (Lipinski definition) is 1. The molecular formula is C26H45N5O5. The van der Waals surface area contributed by atoms with E-state index in [2.05, 4.69) is 10.2 Å². The van der Waals surface area contributed by atoms with Gasteiger partial charge in [0.05, 0.1) is 26.2 Å². The second-order valence-corrected chi connectivity index (χ2v) is 10.8. The Hall–Kier alpha value is -1.88. The number of hydrogen-bond acceptors (Lipinski definition) is 9. The van der Waals surface area contributed by atoms with Gasteiger partial charge in [-0.3, -0.25) is 38.8 Å². The van der Waals surface area contributed by atoms with Crippen molar-refractivity contribution in [2.45, 2.75) is 64.1 Å². The number of amides is 1. The SMILES string of the molecule is CCN(C)CC(=O)C[C@H]1CC(=O)CN(C)CC12OC(=O)CN2CCN(CC)CC(=O)NC1CCCC1. The molecule has 1 spiro atoms. The largest absolute Gasteiger partial charge is 0.441 e. The third-order valence-corrected chi connectivity index (χ3v) is 7.88. The Morgan fingerprint density at radius 2 is 1.83 bits per heavy atom. The number of esters is 1. The van der Waals surface area contributed by atoms with E-state index in [1.54, 1.807) is 0 Å². The molecule has 2 heterocycles. The van der Waals surface area contributed by atoms with Crippen molar-refractivity contribution in [3.63, 3.8) is 0 Å². The maximum atomic E-state index is 12.9. The van der Waals surface area contributed by atoms with Crippen molar-refractivity contribution in [3.05, 3.63) is 0 Å². The molecule has 3 fully saturated rings. The Kier molecular flexibility index (Phi) is 10.4. The normalized spacial score (nSPS) is 26.2. The summed E-state index contributed by atoms with van der Waals surface area (Å²) in [4.78, 5) is 58.7. The van der Waals surface area contributed by atoms with E-state index in [4.69, 9.17) is 4.74 Å². The number of nitrogens with zero attached hydrogens (tertiary/aromatic N) is 4. The first-order valence-corrected chi connectivity index (χ1v) is 13.5. The first-order chi connectivity index (χ1) is 17.1. The fraction of sp³-hybridized carbons (Fsp3) is 0.846. The monoisotopic (exact) mass is 507 g/mol. The van der Waals surface area contributed by atoms with Gasteiger partial charge < -0.3 is 10.1 Å². The van der Waals surface area contributed by atoms with Crippen molar-refractivity contribution in [1.82, 2.24) is 24.9 Å². The maximum absolute atomic E-state index is 12.9. The Morgan fingerprint density at radius 1 is 1.11 bits per heavy atom. The third kappa shape index (κ3) is 7.57. The molecule has 10 nitrogen and oxygen atoms in total. The molecule has 2 aliphatic heterocycles. The number of ether oxygens (including phenoxy) is 1. The van der Waals surface area contributed by atoms with Gasteiger partial charge in [0.15, 0.2) is 5.72 Å². The number of likely N-dealkylation sites (tertiary alicyclic amines) is 1. The minimum absolute atomic E-state index is 0.0375. The van der Waals surface area contributed by atoms with Crippen molar-refractivity contribution in [2.24, 2.45) is 5.92 Å². The van der Waals surface area contributed by atoms with Gasteiger partial charge in [0.25, 0.3) is 0 Å². The fourth-order valence-electron chi connectivity index (χ4n) is 5.84. The van der Waals surface area contributed by atoms with Gasteiger partial charge in [-0.05, 0) is 40.0 Å². The zero-order chi connectivity index (χ0) is 26.3. The molecule has 0 radical (unpaired) electrons. The number of carbonyl (C=O) groups is 4. The van der Waals surface area contributed by atoms with Crippen LogP contribution in [0.5, 0.6) is 0 Å². The number of ketones is 2. The molecular weight excluding hydrogens is 462 g/mol. The molecule has 0 aromatic carbocycles. The molecule has 1 aliphatic carbocycles. The predicted molar refractivity (Wildman–Crippen MR) is 136 cm³/mol. The highest BCUT2D eigenvalue weighted by Crippen LogP contribution is 2.38. The van der Waals surface area contributed by atoms with Crippen LogP contribution in [0.25, 0.3) is 0 Å². The topological polar surface area (TPSA) is 102 Å². The molecule has 0 bridgehead atoms.